The number of nitrogens with zero attached hydrogens (tertiary/aromatic N) is 2. The molecule has 18 heavy (non-hydrogen) atoms. The molecule has 0 aliphatic carbocycles. The van der Waals surface area contributed by atoms with Crippen molar-refractivity contribution in [3.63, 3.8) is 0 Å². The predicted octanol–water partition coefficient (Wildman–Crippen LogP) is 0.291. The molecule has 9 heteroatoms. The van der Waals surface area contributed by atoms with E-state index >= 15 is 0 Å². The molecule has 0 spiro atoms. The van der Waals surface area contributed by atoms with E-state index in [1.165, 1.54) is 22.8 Å². The van der Waals surface area contributed by atoms with Crippen LogP contribution in [0.15, 0.2) is 16.6 Å². The number of thiazole rings is 1. The summed E-state index contributed by atoms with van der Waals surface area (Å²) in [5, 5.41) is 1.72. The van der Waals surface area contributed by atoms with Crippen molar-refractivity contribution in [1.29, 1.82) is 0 Å². The molecule has 3 N–H and O–H groups in total. The van der Waals surface area contributed by atoms with E-state index in [1.54, 1.807) is 18.5 Å². The molecule has 0 aliphatic heterocycles. The lowest BCUT2D eigenvalue weighted by atomic mass is 10.4. The Hall–Kier alpha value is -1.16. The van der Waals surface area contributed by atoms with Crippen molar-refractivity contribution in [2.45, 2.75) is 18.0 Å². The van der Waals surface area contributed by atoms with Crippen LogP contribution in [0.5, 0.6) is 0 Å². The van der Waals surface area contributed by atoms with E-state index < -0.39 is 10.0 Å². The summed E-state index contributed by atoms with van der Waals surface area (Å²) in [5.74, 6) is -0.000957. The average molecular weight is 290 g/mol. The largest absolute Gasteiger partial charge is 0.383 e. The fraction of sp³-hybridized carbons (Fsp3) is 0.444. The Morgan fingerprint density at radius 2 is 2.39 bits per heavy atom. The maximum absolute atomic E-state index is 12.2. The molecule has 2 rings (SSSR count). The highest BCUT2D eigenvalue weighted by atomic mass is 32.2. The van der Waals surface area contributed by atoms with Gasteiger partial charge >= 0.3 is 0 Å². The van der Waals surface area contributed by atoms with E-state index in [4.69, 9.17) is 10.5 Å². The Bertz CT molecular complexity index is 646. The number of methoxy groups -OCH3 is 1. The smallest absolute Gasteiger partial charge is 0.260 e. The van der Waals surface area contributed by atoms with Gasteiger partial charge < -0.3 is 10.5 Å². The van der Waals surface area contributed by atoms with Crippen LogP contribution in [0, 0.1) is 0 Å². The van der Waals surface area contributed by atoms with Crippen molar-refractivity contribution in [3.05, 3.63) is 11.6 Å². The first-order valence-electron chi connectivity index (χ1n) is 5.18. The third-order valence-electron chi connectivity index (χ3n) is 2.27. The number of imidazole rings is 1. The Morgan fingerprint density at radius 1 is 1.67 bits per heavy atom. The number of hydrogen-bond acceptors (Lipinski definition) is 6. The third-order valence-corrected chi connectivity index (χ3v) is 4.66. The number of nitrogen functional groups attached to an aromatic ring is 1. The Morgan fingerprint density at radius 3 is 3.06 bits per heavy atom. The van der Waals surface area contributed by atoms with Crippen molar-refractivity contribution in [3.8, 4) is 0 Å². The number of fused-ring (bicyclic) bond motifs is 1. The lowest BCUT2D eigenvalue weighted by molar-refractivity contribution is 0.180. The highest BCUT2D eigenvalue weighted by molar-refractivity contribution is 7.89. The van der Waals surface area contributed by atoms with Crippen LogP contribution in [-0.2, 0) is 14.8 Å². The van der Waals surface area contributed by atoms with E-state index in [0.29, 0.717) is 4.96 Å². The highest BCUT2D eigenvalue weighted by Gasteiger charge is 2.25. The lowest BCUT2D eigenvalue weighted by Crippen LogP contribution is -2.36. The minimum atomic E-state index is -3.71. The van der Waals surface area contributed by atoms with E-state index in [1.807, 2.05) is 0 Å². The third kappa shape index (κ3) is 2.34. The molecule has 0 bridgehead atoms. The zero-order valence-electron chi connectivity index (χ0n) is 9.95. The highest BCUT2D eigenvalue weighted by Crippen LogP contribution is 2.23. The van der Waals surface area contributed by atoms with Crippen LogP contribution in [0.3, 0.4) is 0 Å². The molecule has 2 heterocycles. The van der Waals surface area contributed by atoms with Gasteiger partial charge in [-0.1, -0.05) is 0 Å². The van der Waals surface area contributed by atoms with E-state index in [-0.39, 0.29) is 23.5 Å². The van der Waals surface area contributed by atoms with Gasteiger partial charge in [0.05, 0.1) is 6.61 Å². The van der Waals surface area contributed by atoms with Gasteiger partial charge in [0.25, 0.3) is 10.0 Å². The SMILES string of the molecule is COCC(C)NS(=O)(=O)c1c(N)nc2sccn12. The topological polar surface area (TPSA) is 98.7 Å². The maximum atomic E-state index is 12.2. The Kier molecular flexibility index (Phi) is 3.57. The van der Waals surface area contributed by atoms with E-state index in [0.717, 1.165) is 0 Å². The van der Waals surface area contributed by atoms with Crippen LogP contribution in [0.1, 0.15) is 6.92 Å². The van der Waals surface area contributed by atoms with Gasteiger partial charge in [0, 0.05) is 24.7 Å². The molecule has 100 valence electrons. The van der Waals surface area contributed by atoms with Gasteiger partial charge in [-0.3, -0.25) is 4.40 Å². The van der Waals surface area contributed by atoms with E-state index in [9.17, 15) is 8.42 Å². The first-order valence-corrected chi connectivity index (χ1v) is 7.54. The van der Waals surface area contributed by atoms with Crippen LogP contribution in [0.25, 0.3) is 4.96 Å². The standard InChI is InChI=1S/C9H14N4O3S2/c1-6(5-16-2)12-18(14,15)8-7(10)11-9-13(8)3-4-17-9/h3-4,6,12H,5,10H2,1-2H3. The summed E-state index contributed by atoms with van der Waals surface area (Å²) >= 11 is 1.32. The van der Waals surface area contributed by atoms with Gasteiger partial charge in [0.1, 0.15) is 0 Å². The zero-order valence-corrected chi connectivity index (χ0v) is 11.6. The molecule has 0 fully saturated rings. The number of sulfonamides is 1. The summed E-state index contributed by atoms with van der Waals surface area (Å²) in [6, 6.07) is -0.344. The molecule has 1 unspecified atom stereocenters. The minimum Gasteiger partial charge on any atom is -0.383 e. The van der Waals surface area contributed by atoms with Crippen molar-refractivity contribution in [2.24, 2.45) is 0 Å². The molecule has 0 radical (unpaired) electrons. The molecule has 0 aromatic carbocycles. The molecular weight excluding hydrogens is 276 g/mol. The number of anilines is 1. The summed E-state index contributed by atoms with van der Waals surface area (Å²) < 4.78 is 33.3. The molecular formula is C9H14N4O3S2. The number of ether oxygens (including phenoxy) is 1. The second-order valence-electron chi connectivity index (χ2n) is 3.84. The van der Waals surface area contributed by atoms with Crippen LogP contribution >= 0.6 is 11.3 Å². The van der Waals surface area contributed by atoms with Gasteiger partial charge in [-0.25, -0.2) is 18.1 Å². The summed E-state index contributed by atoms with van der Waals surface area (Å²) in [7, 11) is -2.20. The number of nitrogens with one attached hydrogen (secondary N) is 1. The molecule has 0 saturated heterocycles. The fourth-order valence-electron chi connectivity index (χ4n) is 1.65. The van der Waals surface area contributed by atoms with E-state index in [2.05, 4.69) is 9.71 Å². The van der Waals surface area contributed by atoms with Crippen molar-refractivity contribution in [1.82, 2.24) is 14.1 Å². The Balaban J connectivity index is 2.40. The number of hydrogen-bond donors (Lipinski definition) is 2. The molecule has 7 nitrogen and oxygen atoms in total. The van der Waals surface area contributed by atoms with Crippen molar-refractivity contribution in [2.75, 3.05) is 19.5 Å². The molecule has 0 saturated carbocycles. The van der Waals surface area contributed by atoms with Crippen LogP contribution < -0.4 is 10.5 Å². The molecule has 2 aromatic rings. The second kappa shape index (κ2) is 4.84. The summed E-state index contributed by atoms with van der Waals surface area (Å²) in [4.78, 5) is 4.55. The van der Waals surface area contributed by atoms with Gasteiger partial charge in [0.15, 0.2) is 15.8 Å². The number of rotatable bonds is 5. The summed E-state index contributed by atoms with van der Waals surface area (Å²) in [6.07, 6.45) is 1.62. The van der Waals surface area contributed by atoms with Gasteiger partial charge in [-0.2, -0.15) is 0 Å². The van der Waals surface area contributed by atoms with Crippen LogP contribution in [0.2, 0.25) is 0 Å². The zero-order chi connectivity index (χ0) is 13.3. The first-order chi connectivity index (χ1) is 8.45. The molecule has 2 aromatic heterocycles. The Labute approximate surface area is 109 Å². The quantitative estimate of drug-likeness (QED) is 0.824. The van der Waals surface area contributed by atoms with Crippen LogP contribution in [0.4, 0.5) is 5.82 Å². The molecule has 0 aliphatic rings. The van der Waals surface area contributed by atoms with Gasteiger partial charge in [0.2, 0.25) is 0 Å². The van der Waals surface area contributed by atoms with Crippen molar-refractivity contribution < 1.29 is 13.2 Å². The summed E-state index contributed by atoms with van der Waals surface area (Å²) in [5.41, 5.74) is 5.66. The number of aromatic nitrogens is 2. The predicted molar refractivity (Wildman–Crippen MR) is 69.1 cm³/mol. The average Bonchev–Trinajstić information content (AvgIpc) is 2.75. The fourth-order valence-corrected chi connectivity index (χ4v) is 3.87. The van der Waals surface area contributed by atoms with Crippen molar-refractivity contribution >= 4 is 32.1 Å². The monoisotopic (exact) mass is 290 g/mol. The first kappa shape index (κ1) is 13.3. The lowest BCUT2D eigenvalue weighted by Gasteiger charge is -2.12. The maximum Gasteiger partial charge on any atom is 0.260 e. The molecule has 0 amide bonds. The minimum absolute atomic E-state index is 0.000957. The van der Waals surface area contributed by atoms with Gasteiger partial charge in [-0.15, -0.1) is 11.3 Å². The van der Waals surface area contributed by atoms with Gasteiger partial charge in [-0.05, 0) is 6.92 Å². The normalized spacial score (nSPS) is 14.1. The molecule has 1 atom stereocenters. The number of nitrogens with two attached hydrogens (primary N) is 1. The summed E-state index contributed by atoms with van der Waals surface area (Å²) in [6.45, 7) is 1.99. The second-order valence-corrected chi connectivity index (χ2v) is 6.34. The van der Waals surface area contributed by atoms with Crippen LogP contribution in [-0.4, -0.2) is 37.6 Å².